The summed E-state index contributed by atoms with van der Waals surface area (Å²) in [5.74, 6) is -1.04. The van der Waals surface area contributed by atoms with Gasteiger partial charge in [0.2, 0.25) is 5.88 Å². The first-order valence-corrected chi connectivity index (χ1v) is 9.41. The minimum Gasteiger partial charge on any atom is -0.456 e. The van der Waals surface area contributed by atoms with E-state index in [0.29, 0.717) is 11.3 Å². The molecular weight excluding hydrogens is 368 g/mol. The zero-order chi connectivity index (χ0) is 20.2. The van der Waals surface area contributed by atoms with Crippen molar-refractivity contribution in [3.63, 3.8) is 0 Å². The number of amides is 1. The van der Waals surface area contributed by atoms with Gasteiger partial charge in [-0.2, -0.15) is 0 Å². The highest BCUT2D eigenvalue weighted by Crippen LogP contribution is 2.24. The molecule has 0 saturated heterocycles. The van der Waals surface area contributed by atoms with Gasteiger partial charge in [0.25, 0.3) is 5.91 Å². The fraction of sp³-hybridized carbons (Fsp3) is 0.474. The van der Waals surface area contributed by atoms with Crippen LogP contribution in [0, 0.1) is 13.8 Å². The van der Waals surface area contributed by atoms with E-state index in [1.807, 2.05) is 40.7 Å². The lowest BCUT2D eigenvalue weighted by Gasteiger charge is -2.12. The summed E-state index contributed by atoms with van der Waals surface area (Å²) in [6.45, 7) is 9.27. The van der Waals surface area contributed by atoms with E-state index in [9.17, 15) is 14.4 Å². The van der Waals surface area contributed by atoms with Crippen molar-refractivity contribution in [1.82, 2.24) is 5.16 Å². The van der Waals surface area contributed by atoms with Crippen LogP contribution in [-0.4, -0.2) is 29.4 Å². The zero-order valence-corrected chi connectivity index (χ0v) is 17.0. The van der Waals surface area contributed by atoms with Gasteiger partial charge in [-0.1, -0.05) is 25.9 Å². The highest BCUT2D eigenvalue weighted by Gasteiger charge is 2.20. The fourth-order valence-electron chi connectivity index (χ4n) is 2.34. The third-order valence-corrected chi connectivity index (χ3v) is 4.77. The summed E-state index contributed by atoms with van der Waals surface area (Å²) in [5.41, 5.74) is 1.14. The summed E-state index contributed by atoms with van der Waals surface area (Å²) in [4.78, 5) is 37.8. The van der Waals surface area contributed by atoms with Crippen molar-refractivity contribution in [3.8, 4) is 0 Å². The third kappa shape index (κ3) is 6.02. The second kappa shape index (κ2) is 8.47. The Kier molecular flexibility index (Phi) is 6.54. The van der Waals surface area contributed by atoms with E-state index in [0.717, 1.165) is 9.75 Å². The van der Waals surface area contributed by atoms with Gasteiger partial charge < -0.3 is 9.26 Å². The predicted octanol–water partition coefficient (Wildman–Crippen LogP) is 3.80. The summed E-state index contributed by atoms with van der Waals surface area (Å²) < 4.78 is 9.95. The molecule has 146 valence electrons. The molecule has 0 aliphatic carbocycles. The quantitative estimate of drug-likeness (QED) is 0.568. The van der Waals surface area contributed by atoms with Gasteiger partial charge in [-0.15, -0.1) is 11.3 Å². The van der Waals surface area contributed by atoms with E-state index in [1.54, 1.807) is 17.4 Å². The van der Waals surface area contributed by atoms with Crippen molar-refractivity contribution in [2.45, 2.75) is 52.9 Å². The number of nitrogens with zero attached hydrogens (tertiary/aromatic N) is 1. The SMILES string of the molecule is Cc1cc(C(=O)CCC(=O)OCC(=O)Nc2cc(C(C)(C)C)no2)c(C)s1. The summed E-state index contributed by atoms with van der Waals surface area (Å²) in [6, 6.07) is 3.45. The molecule has 27 heavy (non-hydrogen) atoms. The number of hydrogen-bond acceptors (Lipinski definition) is 7. The van der Waals surface area contributed by atoms with E-state index in [-0.39, 0.29) is 29.9 Å². The molecule has 1 amide bonds. The number of anilines is 1. The van der Waals surface area contributed by atoms with Crippen molar-refractivity contribution < 1.29 is 23.6 Å². The van der Waals surface area contributed by atoms with E-state index in [4.69, 9.17) is 9.26 Å². The van der Waals surface area contributed by atoms with Gasteiger partial charge in [0, 0.05) is 33.2 Å². The molecule has 0 aliphatic heterocycles. The Balaban J connectivity index is 1.75. The van der Waals surface area contributed by atoms with Gasteiger partial charge in [-0.25, -0.2) is 0 Å². The van der Waals surface area contributed by atoms with Crippen LogP contribution in [0.1, 0.15) is 59.4 Å². The molecule has 2 aromatic heterocycles. The Morgan fingerprint density at radius 2 is 1.89 bits per heavy atom. The Morgan fingerprint density at radius 1 is 1.19 bits per heavy atom. The van der Waals surface area contributed by atoms with E-state index < -0.39 is 18.5 Å². The van der Waals surface area contributed by atoms with Gasteiger partial charge >= 0.3 is 5.97 Å². The maximum absolute atomic E-state index is 12.1. The summed E-state index contributed by atoms with van der Waals surface area (Å²) in [5, 5.41) is 6.37. The molecule has 8 heteroatoms. The lowest BCUT2D eigenvalue weighted by molar-refractivity contribution is -0.147. The molecule has 0 aromatic carbocycles. The Morgan fingerprint density at radius 3 is 2.44 bits per heavy atom. The van der Waals surface area contributed by atoms with E-state index >= 15 is 0 Å². The minimum atomic E-state index is -0.601. The van der Waals surface area contributed by atoms with Crippen LogP contribution in [0.5, 0.6) is 0 Å². The lowest BCUT2D eigenvalue weighted by Crippen LogP contribution is -2.21. The number of aryl methyl sites for hydroxylation is 2. The second-order valence-corrected chi connectivity index (χ2v) is 8.75. The van der Waals surface area contributed by atoms with Crippen LogP contribution in [0.25, 0.3) is 0 Å². The number of hydrogen-bond donors (Lipinski definition) is 1. The molecule has 0 fully saturated rings. The fourth-order valence-corrected chi connectivity index (χ4v) is 3.28. The highest BCUT2D eigenvalue weighted by molar-refractivity contribution is 7.12. The Bertz CT molecular complexity index is 845. The van der Waals surface area contributed by atoms with Crippen molar-refractivity contribution in [2.24, 2.45) is 0 Å². The van der Waals surface area contributed by atoms with Gasteiger partial charge in [0.15, 0.2) is 12.4 Å². The molecule has 0 atom stereocenters. The van der Waals surface area contributed by atoms with Crippen LogP contribution >= 0.6 is 11.3 Å². The molecular formula is C19H24N2O5S. The predicted molar refractivity (Wildman–Crippen MR) is 102 cm³/mol. The van der Waals surface area contributed by atoms with Crippen molar-refractivity contribution in [2.75, 3.05) is 11.9 Å². The van der Waals surface area contributed by atoms with Gasteiger partial charge in [0.05, 0.1) is 12.1 Å². The average Bonchev–Trinajstić information content (AvgIpc) is 3.16. The van der Waals surface area contributed by atoms with Gasteiger partial charge in [0.1, 0.15) is 0 Å². The Hall–Kier alpha value is -2.48. The van der Waals surface area contributed by atoms with Crippen LogP contribution in [-0.2, 0) is 19.7 Å². The van der Waals surface area contributed by atoms with Crippen molar-refractivity contribution in [3.05, 3.63) is 33.1 Å². The van der Waals surface area contributed by atoms with Gasteiger partial charge in [-0.3, -0.25) is 19.7 Å². The van der Waals surface area contributed by atoms with Crippen LogP contribution in [0.15, 0.2) is 16.7 Å². The topological polar surface area (TPSA) is 98.5 Å². The number of rotatable bonds is 7. The van der Waals surface area contributed by atoms with E-state index in [2.05, 4.69) is 10.5 Å². The summed E-state index contributed by atoms with van der Waals surface area (Å²) in [6.07, 6.45) is -0.0224. The number of ketones is 1. The normalized spacial score (nSPS) is 11.3. The van der Waals surface area contributed by atoms with Gasteiger partial charge in [-0.05, 0) is 19.9 Å². The van der Waals surface area contributed by atoms with Crippen molar-refractivity contribution in [1.29, 1.82) is 0 Å². The maximum atomic E-state index is 12.1. The largest absolute Gasteiger partial charge is 0.456 e. The summed E-state index contributed by atoms with van der Waals surface area (Å²) in [7, 11) is 0. The first-order chi connectivity index (χ1) is 12.6. The maximum Gasteiger partial charge on any atom is 0.306 e. The number of nitrogens with one attached hydrogen (secondary N) is 1. The van der Waals surface area contributed by atoms with Crippen LogP contribution in [0.3, 0.4) is 0 Å². The number of Topliss-reactive ketones (excluding diaryl/α,β-unsaturated/α-hetero) is 1. The number of ether oxygens (including phenoxy) is 1. The minimum absolute atomic E-state index is 0.0501. The van der Waals surface area contributed by atoms with Crippen LogP contribution in [0.4, 0.5) is 5.88 Å². The molecule has 0 unspecified atom stereocenters. The summed E-state index contributed by atoms with van der Waals surface area (Å²) >= 11 is 1.55. The molecule has 2 heterocycles. The highest BCUT2D eigenvalue weighted by atomic mass is 32.1. The van der Waals surface area contributed by atoms with E-state index in [1.165, 1.54) is 0 Å². The molecule has 0 saturated carbocycles. The second-order valence-electron chi connectivity index (χ2n) is 7.29. The molecule has 1 N–H and O–H groups in total. The number of thiophene rings is 1. The molecule has 7 nitrogen and oxygen atoms in total. The third-order valence-electron chi connectivity index (χ3n) is 3.80. The monoisotopic (exact) mass is 392 g/mol. The number of carbonyl (C=O) groups is 3. The molecule has 2 aromatic rings. The number of esters is 1. The standard InChI is InChI=1S/C19H24N2O5S/c1-11-8-13(12(2)27-11)14(22)6-7-18(24)25-10-16(23)20-17-9-15(21-26-17)19(3,4)5/h8-9H,6-7,10H2,1-5H3,(H,20,23). The first kappa shape index (κ1) is 20.8. The smallest absolute Gasteiger partial charge is 0.306 e. The molecule has 2 rings (SSSR count). The zero-order valence-electron chi connectivity index (χ0n) is 16.2. The first-order valence-electron chi connectivity index (χ1n) is 8.59. The molecule has 0 bridgehead atoms. The average molecular weight is 392 g/mol. The number of carbonyl (C=O) groups excluding carboxylic acids is 3. The van der Waals surface area contributed by atoms with Crippen LogP contribution < -0.4 is 5.32 Å². The number of aromatic nitrogens is 1. The molecule has 0 aliphatic rings. The molecule has 0 spiro atoms. The Labute approximate surface area is 162 Å². The van der Waals surface area contributed by atoms with Crippen molar-refractivity contribution >= 4 is 34.9 Å². The van der Waals surface area contributed by atoms with Crippen LogP contribution in [0.2, 0.25) is 0 Å². The molecule has 0 radical (unpaired) electrons. The lowest BCUT2D eigenvalue weighted by atomic mass is 9.92.